The number of benzene rings is 2. The molecule has 0 radical (unpaired) electrons. The highest BCUT2D eigenvalue weighted by molar-refractivity contribution is 7.92. The van der Waals surface area contributed by atoms with E-state index in [1.165, 1.54) is 4.31 Å². The first-order valence-electron chi connectivity index (χ1n) is 9.19. The number of fused-ring (bicyclic) bond motifs is 1. The number of amides is 1. The third-order valence-corrected chi connectivity index (χ3v) is 6.08. The fourth-order valence-corrected chi connectivity index (χ4v) is 4.33. The molecule has 28 heavy (non-hydrogen) atoms. The molecule has 1 aliphatic heterocycles. The number of hydrogen-bond acceptors (Lipinski definition) is 4. The Labute approximate surface area is 166 Å². The molecule has 2 aromatic carbocycles. The Bertz CT molecular complexity index is 1020. The Hall–Kier alpha value is -2.54. The largest absolute Gasteiger partial charge is 0.476 e. The first kappa shape index (κ1) is 20.2. The smallest absolute Gasteiger partial charge is 0.263 e. The lowest BCUT2D eigenvalue weighted by molar-refractivity contribution is -0.128. The Morgan fingerprint density at radius 3 is 2.46 bits per heavy atom. The van der Waals surface area contributed by atoms with E-state index >= 15 is 0 Å². The van der Waals surface area contributed by atoms with Crippen molar-refractivity contribution in [2.75, 3.05) is 17.1 Å². The molecule has 0 aromatic heterocycles. The Morgan fingerprint density at radius 2 is 1.79 bits per heavy atom. The molecule has 6 nitrogen and oxygen atoms in total. The summed E-state index contributed by atoms with van der Waals surface area (Å²) in [7, 11) is -3.54. The summed E-state index contributed by atoms with van der Waals surface area (Å²) in [4.78, 5) is 12.9. The summed E-state index contributed by atoms with van der Waals surface area (Å²) >= 11 is 0. The maximum atomic E-state index is 12.9. The summed E-state index contributed by atoms with van der Waals surface area (Å²) in [6.45, 7) is 7.74. The van der Waals surface area contributed by atoms with Crippen LogP contribution in [0.5, 0.6) is 5.75 Å². The summed E-state index contributed by atoms with van der Waals surface area (Å²) in [5.41, 5.74) is 4.61. The minimum atomic E-state index is -3.54. The molecule has 150 valence electrons. The molecule has 0 fully saturated rings. The molecular formula is C21H26N2O4S. The third-order valence-electron chi connectivity index (χ3n) is 4.94. The molecule has 7 heteroatoms. The zero-order chi connectivity index (χ0) is 20.6. The number of nitrogens with zero attached hydrogens (tertiary/aromatic N) is 1. The van der Waals surface area contributed by atoms with Crippen LogP contribution in [-0.4, -0.2) is 33.2 Å². The van der Waals surface area contributed by atoms with Gasteiger partial charge in [0, 0.05) is 0 Å². The van der Waals surface area contributed by atoms with Gasteiger partial charge in [-0.3, -0.25) is 9.10 Å². The molecule has 2 atom stereocenters. The lowest BCUT2D eigenvalue weighted by Gasteiger charge is -2.34. The molecular weight excluding hydrogens is 376 g/mol. The fourth-order valence-electron chi connectivity index (χ4n) is 3.42. The molecule has 0 aliphatic carbocycles. The minimum Gasteiger partial charge on any atom is -0.476 e. The van der Waals surface area contributed by atoms with E-state index in [0.717, 1.165) is 28.5 Å². The van der Waals surface area contributed by atoms with Crippen molar-refractivity contribution in [2.45, 2.75) is 39.8 Å². The molecule has 2 aromatic rings. The van der Waals surface area contributed by atoms with Crippen LogP contribution in [0.3, 0.4) is 0 Å². The van der Waals surface area contributed by atoms with E-state index in [4.69, 9.17) is 4.74 Å². The van der Waals surface area contributed by atoms with Crippen LogP contribution in [0.2, 0.25) is 0 Å². The van der Waals surface area contributed by atoms with E-state index in [0.29, 0.717) is 11.4 Å². The van der Waals surface area contributed by atoms with E-state index in [9.17, 15) is 13.2 Å². The molecule has 0 unspecified atom stereocenters. The van der Waals surface area contributed by atoms with Gasteiger partial charge in [0.2, 0.25) is 10.0 Å². The number of hydrogen-bond donors (Lipinski definition) is 1. The highest BCUT2D eigenvalue weighted by Crippen LogP contribution is 2.36. The predicted molar refractivity (Wildman–Crippen MR) is 110 cm³/mol. The van der Waals surface area contributed by atoms with E-state index < -0.39 is 16.1 Å². The molecule has 3 rings (SSSR count). The number of rotatable bonds is 4. The van der Waals surface area contributed by atoms with Gasteiger partial charge in [-0.2, -0.15) is 0 Å². The first-order chi connectivity index (χ1) is 13.1. The normalized spacial score (nSPS) is 17.5. The van der Waals surface area contributed by atoms with Crippen LogP contribution in [0.1, 0.15) is 35.2 Å². The Balaban J connectivity index is 1.84. The van der Waals surface area contributed by atoms with Crippen molar-refractivity contribution < 1.29 is 17.9 Å². The second-order valence-electron chi connectivity index (χ2n) is 7.46. The zero-order valence-electron chi connectivity index (χ0n) is 16.8. The van der Waals surface area contributed by atoms with Gasteiger partial charge in [-0.15, -0.1) is 0 Å². The number of sulfonamides is 1. The molecule has 0 bridgehead atoms. The number of aryl methyl sites for hydroxylation is 3. The third kappa shape index (κ3) is 4.14. The van der Waals surface area contributed by atoms with Gasteiger partial charge < -0.3 is 10.1 Å². The molecule has 1 heterocycles. The predicted octanol–water partition coefficient (Wildman–Crippen LogP) is 3.02. The second-order valence-corrected chi connectivity index (χ2v) is 9.37. The number of carbonyl (C=O) groups is 1. The summed E-state index contributed by atoms with van der Waals surface area (Å²) in [5, 5.41) is 2.96. The maximum absolute atomic E-state index is 12.9. The summed E-state index contributed by atoms with van der Waals surface area (Å²) in [5.74, 6) is 0.0510. The van der Waals surface area contributed by atoms with Crippen molar-refractivity contribution in [3.63, 3.8) is 0 Å². The van der Waals surface area contributed by atoms with E-state index in [-0.39, 0.29) is 18.5 Å². The van der Waals surface area contributed by atoms with Crippen LogP contribution in [0.15, 0.2) is 36.4 Å². The SMILES string of the molecule is Cc1ccc(C)c([C@H](C)NC(=O)[C@@H]2CN(S(C)(=O)=O)c3cc(C)ccc3O2)c1. The molecule has 1 amide bonds. The van der Waals surface area contributed by atoms with Crippen molar-refractivity contribution in [1.29, 1.82) is 0 Å². The molecule has 1 aliphatic rings. The van der Waals surface area contributed by atoms with Gasteiger partial charge in [0.25, 0.3) is 5.91 Å². The lowest BCUT2D eigenvalue weighted by Crippen LogP contribution is -2.50. The quantitative estimate of drug-likeness (QED) is 0.853. The number of carbonyl (C=O) groups excluding carboxylic acids is 1. The topological polar surface area (TPSA) is 75.7 Å². The average Bonchev–Trinajstić information content (AvgIpc) is 2.61. The monoisotopic (exact) mass is 402 g/mol. The zero-order valence-corrected chi connectivity index (χ0v) is 17.6. The minimum absolute atomic E-state index is 0.0549. The van der Waals surface area contributed by atoms with Gasteiger partial charge in [0.1, 0.15) is 5.75 Å². The van der Waals surface area contributed by atoms with Gasteiger partial charge in [-0.25, -0.2) is 8.42 Å². The highest BCUT2D eigenvalue weighted by Gasteiger charge is 2.35. The Kier molecular flexibility index (Phi) is 5.39. The standard InChI is InChI=1S/C21H26N2O4S/c1-13-6-8-15(3)17(10-13)16(4)22-21(24)20-12-23(28(5,25)26)18-11-14(2)7-9-19(18)27-20/h6-11,16,20H,12H2,1-5H3,(H,22,24)/t16-,20-/m0/s1. The molecule has 0 saturated heterocycles. The van der Waals surface area contributed by atoms with Crippen LogP contribution >= 0.6 is 0 Å². The summed E-state index contributed by atoms with van der Waals surface area (Å²) in [6, 6.07) is 11.2. The number of ether oxygens (including phenoxy) is 1. The van der Waals surface area contributed by atoms with E-state index in [1.54, 1.807) is 12.1 Å². The average molecular weight is 403 g/mol. The van der Waals surface area contributed by atoms with Crippen LogP contribution in [0.25, 0.3) is 0 Å². The van der Waals surface area contributed by atoms with Crippen molar-refractivity contribution in [3.8, 4) is 5.75 Å². The number of anilines is 1. The summed E-state index contributed by atoms with van der Waals surface area (Å²) in [6.07, 6.45) is 0.218. The van der Waals surface area contributed by atoms with Gasteiger partial charge in [0.15, 0.2) is 6.10 Å². The van der Waals surface area contributed by atoms with Crippen LogP contribution in [-0.2, 0) is 14.8 Å². The van der Waals surface area contributed by atoms with Gasteiger partial charge in [-0.05, 0) is 56.5 Å². The van der Waals surface area contributed by atoms with Gasteiger partial charge >= 0.3 is 0 Å². The van der Waals surface area contributed by atoms with Gasteiger partial charge in [-0.1, -0.05) is 29.8 Å². The maximum Gasteiger partial charge on any atom is 0.263 e. The van der Waals surface area contributed by atoms with Gasteiger partial charge in [0.05, 0.1) is 24.5 Å². The van der Waals surface area contributed by atoms with Crippen molar-refractivity contribution >= 4 is 21.6 Å². The first-order valence-corrected chi connectivity index (χ1v) is 11.0. The van der Waals surface area contributed by atoms with Crippen molar-refractivity contribution in [2.24, 2.45) is 0 Å². The van der Waals surface area contributed by atoms with E-state index in [1.807, 2.05) is 52.0 Å². The fraction of sp³-hybridized carbons (Fsp3) is 0.381. The molecule has 0 spiro atoms. The van der Waals surface area contributed by atoms with Crippen molar-refractivity contribution in [1.82, 2.24) is 5.32 Å². The second kappa shape index (κ2) is 7.47. The summed E-state index contributed by atoms with van der Waals surface area (Å²) < 4.78 is 31.7. The Morgan fingerprint density at radius 1 is 1.14 bits per heavy atom. The van der Waals surface area contributed by atoms with Crippen LogP contribution in [0, 0.1) is 20.8 Å². The van der Waals surface area contributed by atoms with E-state index in [2.05, 4.69) is 5.32 Å². The number of nitrogens with one attached hydrogen (secondary N) is 1. The van der Waals surface area contributed by atoms with Crippen molar-refractivity contribution in [3.05, 3.63) is 58.7 Å². The van der Waals surface area contributed by atoms with Crippen LogP contribution < -0.4 is 14.4 Å². The highest BCUT2D eigenvalue weighted by atomic mass is 32.2. The lowest BCUT2D eigenvalue weighted by atomic mass is 10.00. The molecule has 0 saturated carbocycles. The molecule has 1 N–H and O–H groups in total. The van der Waals surface area contributed by atoms with Crippen LogP contribution in [0.4, 0.5) is 5.69 Å².